The van der Waals surface area contributed by atoms with E-state index in [4.69, 9.17) is 5.11 Å². The third-order valence-corrected chi connectivity index (χ3v) is 2.51. The zero-order chi connectivity index (χ0) is 13.0. The normalized spacial score (nSPS) is 9.76. The Bertz CT molecular complexity index is 478. The maximum absolute atomic E-state index is 11.4. The Hall–Kier alpha value is -2.10. The predicted octanol–water partition coefficient (Wildman–Crippen LogP) is 2.52. The van der Waals surface area contributed by atoms with Crippen LogP contribution in [0.2, 0.25) is 0 Å². The minimum atomic E-state index is -0.995. The van der Waals surface area contributed by atoms with Crippen LogP contribution in [0.3, 0.4) is 0 Å². The van der Waals surface area contributed by atoms with Gasteiger partial charge in [0.1, 0.15) is 0 Å². The highest BCUT2D eigenvalue weighted by Gasteiger charge is 2.11. The molecule has 90 valence electrons. The largest absolute Gasteiger partial charge is 0.478 e. The highest BCUT2D eigenvalue weighted by Crippen LogP contribution is 2.20. The first-order chi connectivity index (χ1) is 7.95. The van der Waals surface area contributed by atoms with Gasteiger partial charge in [0.05, 0.1) is 5.56 Å². The first-order valence-electron chi connectivity index (χ1n) is 5.21. The van der Waals surface area contributed by atoms with E-state index < -0.39 is 5.97 Å². The van der Waals surface area contributed by atoms with E-state index >= 15 is 0 Å². The third-order valence-electron chi connectivity index (χ3n) is 2.51. The number of anilines is 1. The standard InChI is InChI=1S/C13H15NO3/c1-4-5-12(15)14-10-6-8(2)9(3)11(7-10)13(16)17/h4,6-7H,1,5H2,2-3H3,(H,14,15)(H,16,17). The summed E-state index contributed by atoms with van der Waals surface area (Å²) >= 11 is 0. The second kappa shape index (κ2) is 5.30. The number of amides is 1. The lowest BCUT2D eigenvalue weighted by molar-refractivity contribution is -0.115. The molecule has 0 aliphatic rings. The number of hydrogen-bond acceptors (Lipinski definition) is 2. The molecule has 0 heterocycles. The predicted molar refractivity (Wildman–Crippen MR) is 66.3 cm³/mol. The van der Waals surface area contributed by atoms with Crippen molar-refractivity contribution in [3.05, 3.63) is 41.5 Å². The number of carboxylic acid groups (broad SMARTS) is 1. The lowest BCUT2D eigenvalue weighted by Crippen LogP contribution is -2.11. The van der Waals surface area contributed by atoms with Gasteiger partial charge in [0.25, 0.3) is 0 Å². The van der Waals surface area contributed by atoms with Gasteiger partial charge >= 0.3 is 5.97 Å². The van der Waals surface area contributed by atoms with E-state index in [0.29, 0.717) is 11.3 Å². The van der Waals surface area contributed by atoms with E-state index in [-0.39, 0.29) is 17.9 Å². The minimum Gasteiger partial charge on any atom is -0.478 e. The Balaban J connectivity index is 3.06. The van der Waals surface area contributed by atoms with Gasteiger partial charge in [-0.2, -0.15) is 0 Å². The fourth-order valence-corrected chi connectivity index (χ4v) is 1.50. The van der Waals surface area contributed by atoms with Gasteiger partial charge in [0.2, 0.25) is 5.91 Å². The molecule has 0 radical (unpaired) electrons. The molecule has 0 aliphatic heterocycles. The van der Waals surface area contributed by atoms with Crippen LogP contribution in [-0.4, -0.2) is 17.0 Å². The van der Waals surface area contributed by atoms with Crippen molar-refractivity contribution < 1.29 is 14.7 Å². The van der Waals surface area contributed by atoms with Crippen LogP contribution in [-0.2, 0) is 4.79 Å². The third kappa shape index (κ3) is 3.17. The molecule has 4 heteroatoms. The van der Waals surface area contributed by atoms with Crippen LogP contribution in [0.25, 0.3) is 0 Å². The van der Waals surface area contributed by atoms with Crippen LogP contribution >= 0.6 is 0 Å². The van der Waals surface area contributed by atoms with Crippen molar-refractivity contribution >= 4 is 17.6 Å². The van der Waals surface area contributed by atoms with Crippen LogP contribution in [0.4, 0.5) is 5.69 Å². The second-order valence-corrected chi connectivity index (χ2v) is 3.81. The molecule has 0 unspecified atom stereocenters. The molecule has 0 atom stereocenters. The summed E-state index contributed by atoms with van der Waals surface area (Å²) < 4.78 is 0. The summed E-state index contributed by atoms with van der Waals surface area (Å²) in [6.07, 6.45) is 1.70. The summed E-state index contributed by atoms with van der Waals surface area (Å²) in [6.45, 7) is 7.02. The molecule has 0 aromatic heterocycles. The molecule has 1 rings (SSSR count). The van der Waals surface area contributed by atoms with Gasteiger partial charge in [-0.3, -0.25) is 4.79 Å². The zero-order valence-corrected chi connectivity index (χ0v) is 9.91. The topological polar surface area (TPSA) is 66.4 Å². The smallest absolute Gasteiger partial charge is 0.336 e. The SMILES string of the molecule is C=CCC(=O)Nc1cc(C)c(C)c(C(=O)O)c1. The highest BCUT2D eigenvalue weighted by atomic mass is 16.4. The summed E-state index contributed by atoms with van der Waals surface area (Å²) in [6, 6.07) is 3.22. The molecule has 1 aromatic rings. The van der Waals surface area contributed by atoms with Crippen LogP contribution in [0.15, 0.2) is 24.8 Å². The minimum absolute atomic E-state index is 0.204. The average molecular weight is 233 g/mol. The Morgan fingerprint density at radius 3 is 2.59 bits per heavy atom. The number of aromatic carboxylic acids is 1. The van der Waals surface area contributed by atoms with E-state index in [0.717, 1.165) is 5.56 Å². The molecule has 1 amide bonds. The van der Waals surface area contributed by atoms with Crippen molar-refractivity contribution in [1.82, 2.24) is 0 Å². The van der Waals surface area contributed by atoms with Gasteiger partial charge in [0, 0.05) is 12.1 Å². The molecular weight excluding hydrogens is 218 g/mol. The molecule has 0 saturated carbocycles. The molecule has 2 N–H and O–H groups in total. The number of aryl methyl sites for hydroxylation is 1. The van der Waals surface area contributed by atoms with Crippen molar-refractivity contribution in [2.45, 2.75) is 20.3 Å². The number of hydrogen-bond donors (Lipinski definition) is 2. The lowest BCUT2D eigenvalue weighted by atomic mass is 10.0. The molecular formula is C13H15NO3. The number of benzene rings is 1. The maximum atomic E-state index is 11.4. The van der Waals surface area contributed by atoms with Crippen molar-refractivity contribution in [1.29, 1.82) is 0 Å². The van der Waals surface area contributed by atoms with Crippen molar-refractivity contribution in [3.8, 4) is 0 Å². The molecule has 0 spiro atoms. The fourth-order valence-electron chi connectivity index (χ4n) is 1.50. The number of carbonyl (C=O) groups is 2. The fraction of sp³-hybridized carbons (Fsp3) is 0.231. The lowest BCUT2D eigenvalue weighted by Gasteiger charge is -2.10. The summed E-state index contributed by atoms with van der Waals surface area (Å²) in [4.78, 5) is 22.4. The number of rotatable bonds is 4. The van der Waals surface area contributed by atoms with Crippen molar-refractivity contribution in [3.63, 3.8) is 0 Å². The Labute approximate surface area is 100.0 Å². The van der Waals surface area contributed by atoms with Gasteiger partial charge in [-0.05, 0) is 37.1 Å². The van der Waals surface area contributed by atoms with E-state index in [1.54, 1.807) is 13.0 Å². The van der Waals surface area contributed by atoms with Gasteiger partial charge in [-0.1, -0.05) is 6.08 Å². The zero-order valence-electron chi connectivity index (χ0n) is 9.91. The summed E-state index contributed by atoms with van der Waals surface area (Å²) in [5.74, 6) is -1.20. The Kier molecular flexibility index (Phi) is 4.04. The van der Waals surface area contributed by atoms with Crippen LogP contribution in [0.1, 0.15) is 27.9 Å². The van der Waals surface area contributed by atoms with Crippen molar-refractivity contribution in [2.75, 3.05) is 5.32 Å². The van der Waals surface area contributed by atoms with E-state index in [1.807, 2.05) is 6.92 Å². The molecule has 4 nitrogen and oxygen atoms in total. The Morgan fingerprint density at radius 2 is 2.06 bits per heavy atom. The van der Waals surface area contributed by atoms with Crippen molar-refractivity contribution in [2.24, 2.45) is 0 Å². The summed E-state index contributed by atoms with van der Waals surface area (Å²) in [5.41, 5.74) is 2.24. The van der Waals surface area contributed by atoms with Gasteiger partial charge in [0.15, 0.2) is 0 Å². The Morgan fingerprint density at radius 1 is 1.41 bits per heavy atom. The van der Waals surface area contributed by atoms with E-state index in [9.17, 15) is 9.59 Å². The van der Waals surface area contributed by atoms with Crippen LogP contribution in [0, 0.1) is 13.8 Å². The molecule has 1 aromatic carbocycles. The highest BCUT2D eigenvalue weighted by molar-refractivity contribution is 5.95. The molecule has 0 fully saturated rings. The number of carboxylic acids is 1. The second-order valence-electron chi connectivity index (χ2n) is 3.81. The molecule has 0 aliphatic carbocycles. The molecule has 17 heavy (non-hydrogen) atoms. The maximum Gasteiger partial charge on any atom is 0.336 e. The molecule has 0 saturated heterocycles. The quantitative estimate of drug-likeness (QED) is 0.785. The van der Waals surface area contributed by atoms with Crippen LogP contribution in [0.5, 0.6) is 0 Å². The first-order valence-corrected chi connectivity index (χ1v) is 5.21. The summed E-state index contributed by atoms with van der Waals surface area (Å²) in [5, 5.41) is 11.7. The number of carbonyl (C=O) groups excluding carboxylic acids is 1. The first kappa shape index (κ1) is 13.0. The monoisotopic (exact) mass is 233 g/mol. The number of nitrogens with one attached hydrogen (secondary N) is 1. The van der Waals surface area contributed by atoms with Gasteiger partial charge < -0.3 is 10.4 Å². The van der Waals surface area contributed by atoms with Crippen LogP contribution < -0.4 is 5.32 Å². The average Bonchev–Trinajstić information content (AvgIpc) is 2.23. The molecule has 0 bridgehead atoms. The van der Waals surface area contributed by atoms with Gasteiger partial charge in [-0.15, -0.1) is 6.58 Å². The van der Waals surface area contributed by atoms with Gasteiger partial charge in [-0.25, -0.2) is 4.79 Å². The van der Waals surface area contributed by atoms with E-state index in [2.05, 4.69) is 11.9 Å². The summed E-state index contributed by atoms with van der Waals surface area (Å²) in [7, 11) is 0. The van der Waals surface area contributed by atoms with E-state index in [1.165, 1.54) is 12.1 Å².